The summed E-state index contributed by atoms with van der Waals surface area (Å²) >= 11 is 0. The van der Waals surface area contributed by atoms with Crippen molar-refractivity contribution in [2.45, 2.75) is 17.9 Å². The molecule has 2 aliphatic rings. The molecule has 2 heterocycles. The van der Waals surface area contributed by atoms with E-state index in [1.54, 1.807) is 42.5 Å². The number of hydrogen-bond acceptors (Lipinski definition) is 7. The van der Waals surface area contributed by atoms with Crippen molar-refractivity contribution in [1.82, 2.24) is 4.72 Å². The Labute approximate surface area is 196 Å². The lowest BCUT2D eigenvalue weighted by Gasteiger charge is -2.11. The quantitative estimate of drug-likeness (QED) is 0.554. The zero-order valence-corrected chi connectivity index (χ0v) is 18.9. The van der Waals surface area contributed by atoms with Crippen molar-refractivity contribution in [3.8, 4) is 23.0 Å². The third-order valence-electron chi connectivity index (χ3n) is 5.32. The van der Waals surface area contributed by atoms with Gasteiger partial charge in [-0.25, -0.2) is 13.1 Å². The molecule has 0 bridgehead atoms. The number of sulfonamides is 1. The van der Waals surface area contributed by atoms with Gasteiger partial charge < -0.3 is 24.3 Å². The summed E-state index contributed by atoms with van der Waals surface area (Å²) in [5, 5.41) is 2.77. The minimum atomic E-state index is -3.86. The van der Waals surface area contributed by atoms with Crippen LogP contribution in [-0.4, -0.2) is 34.3 Å². The van der Waals surface area contributed by atoms with Gasteiger partial charge in [0.2, 0.25) is 16.8 Å². The van der Waals surface area contributed by atoms with Crippen LogP contribution in [0.1, 0.15) is 22.3 Å². The molecule has 3 aromatic carbocycles. The summed E-state index contributed by atoms with van der Waals surface area (Å²) in [5.41, 5.74) is 1.44. The van der Waals surface area contributed by atoms with E-state index in [1.165, 1.54) is 18.2 Å². The Morgan fingerprint density at radius 2 is 1.56 bits per heavy atom. The Hall–Kier alpha value is -3.76. The number of nitrogens with one attached hydrogen (secondary N) is 2. The van der Waals surface area contributed by atoms with Crippen LogP contribution >= 0.6 is 0 Å². The maximum atomic E-state index is 12.8. The Balaban J connectivity index is 1.27. The molecule has 0 unspecified atom stereocenters. The molecule has 0 saturated carbocycles. The van der Waals surface area contributed by atoms with Gasteiger partial charge in [0.1, 0.15) is 0 Å². The second-order valence-corrected chi connectivity index (χ2v) is 9.47. The van der Waals surface area contributed by atoms with Crippen molar-refractivity contribution in [2.24, 2.45) is 0 Å². The van der Waals surface area contributed by atoms with Crippen molar-refractivity contribution in [2.75, 3.05) is 25.3 Å². The summed E-state index contributed by atoms with van der Waals surface area (Å²) in [4.78, 5) is 12.8. The summed E-state index contributed by atoms with van der Waals surface area (Å²) in [5.74, 6) is 1.93. The van der Waals surface area contributed by atoms with E-state index < -0.39 is 15.9 Å². The molecule has 9 nitrogen and oxygen atoms in total. The predicted octanol–water partition coefficient (Wildman–Crippen LogP) is 3.31. The monoisotopic (exact) mass is 482 g/mol. The number of ether oxygens (including phenoxy) is 4. The normalized spacial score (nSPS) is 14.4. The van der Waals surface area contributed by atoms with Crippen LogP contribution in [0.15, 0.2) is 65.6 Å². The highest BCUT2D eigenvalue weighted by atomic mass is 32.2. The first-order valence-corrected chi connectivity index (χ1v) is 12.2. The number of carbonyl (C=O) groups is 1. The molecule has 0 aromatic heterocycles. The molecule has 176 valence electrons. The van der Waals surface area contributed by atoms with Gasteiger partial charge in [0.05, 0.1) is 18.1 Å². The maximum Gasteiger partial charge on any atom is 0.255 e. The highest BCUT2D eigenvalue weighted by molar-refractivity contribution is 7.89. The molecule has 0 saturated heterocycles. The molecular weight excluding hydrogens is 460 g/mol. The lowest BCUT2D eigenvalue weighted by Crippen LogP contribution is -2.23. The average molecular weight is 483 g/mol. The SMILES string of the molecule is O=C(Nc1ccc2c(c1)OCCCO2)c1cccc(S(=O)(=O)NCc2ccc3c(c2)OCO3)c1. The fraction of sp³-hybridized carbons (Fsp3) is 0.208. The predicted molar refractivity (Wildman–Crippen MR) is 123 cm³/mol. The molecule has 2 N–H and O–H groups in total. The molecule has 3 aromatic rings. The summed E-state index contributed by atoms with van der Waals surface area (Å²) in [6, 6.07) is 16.2. The van der Waals surface area contributed by atoms with E-state index in [1.807, 2.05) is 0 Å². The second-order valence-electron chi connectivity index (χ2n) is 7.71. The number of carbonyl (C=O) groups excluding carboxylic acids is 1. The number of rotatable bonds is 6. The van der Waals surface area contributed by atoms with Crippen molar-refractivity contribution in [3.63, 3.8) is 0 Å². The Morgan fingerprint density at radius 3 is 2.44 bits per heavy atom. The number of anilines is 1. The van der Waals surface area contributed by atoms with Gasteiger partial charge in [-0.1, -0.05) is 12.1 Å². The molecule has 0 spiro atoms. The molecule has 5 rings (SSSR count). The van der Waals surface area contributed by atoms with E-state index in [9.17, 15) is 13.2 Å². The van der Waals surface area contributed by atoms with Crippen LogP contribution in [-0.2, 0) is 16.6 Å². The van der Waals surface area contributed by atoms with E-state index in [0.717, 1.165) is 12.0 Å². The zero-order valence-electron chi connectivity index (χ0n) is 18.1. The van der Waals surface area contributed by atoms with E-state index in [4.69, 9.17) is 18.9 Å². The van der Waals surface area contributed by atoms with Crippen LogP contribution in [0, 0.1) is 0 Å². The lowest BCUT2D eigenvalue weighted by molar-refractivity contribution is 0.102. The van der Waals surface area contributed by atoms with Crippen LogP contribution < -0.4 is 29.0 Å². The van der Waals surface area contributed by atoms with Crippen molar-refractivity contribution in [1.29, 1.82) is 0 Å². The number of amides is 1. The van der Waals surface area contributed by atoms with Crippen molar-refractivity contribution >= 4 is 21.6 Å². The van der Waals surface area contributed by atoms with Crippen LogP contribution in [0.5, 0.6) is 23.0 Å². The average Bonchev–Trinajstić information content (AvgIpc) is 3.19. The van der Waals surface area contributed by atoms with Gasteiger partial charge in [-0.15, -0.1) is 0 Å². The van der Waals surface area contributed by atoms with Crippen molar-refractivity contribution < 1.29 is 32.2 Å². The lowest BCUT2D eigenvalue weighted by atomic mass is 10.2. The first-order valence-electron chi connectivity index (χ1n) is 10.7. The van der Waals surface area contributed by atoms with E-state index in [2.05, 4.69) is 10.0 Å². The van der Waals surface area contributed by atoms with E-state index >= 15 is 0 Å². The summed E-state index contributed by atoms with van der Waals surface area (Å²) in [6.45, 7) is 1.31. The van der Waals surface area contributed by atoms with Crippen LogP contribution in [0.25, 0.3) is 0 Å². The molecule has 10 heteroatoms. The van der Waals surface area contributed by atoms with E-state index in [0.29, 0.717) is 41.9 Å². The molecular formula is C24H22N2O7S. The van der Waals surface area contributed by atoms with Crippen LogP contribution in [0.4, 0.5) is 5.69 Å². The summed E-state index contributed by atoms with van der Waals surface area (Å²) in [6.07, 6.45) is 0.778. The Morgan fingerprint density at radius 1 is 0.824 bits per heavy atom. The zero-order chi connectivity index (χ0) is 23.5. The second kappa shape index (κ2) is 9.24. The van der Waals surface area contributed by atoms with Gasteiger partial charge in [0.25, 0.3) is 5.91 Å². The summed E-state index contributed by atoms with van der Waals surface area (Å²) < 4.78 is 50.1. The number of hydrogen-bond donors (Lipinski definition) is 2. The third-order valence-corrected chi connectivity index (χ3v) is 6.71. The number of benzene rings is 3. The largest absolute Gasteiger partial charge is 0.490 e. The fourth-order valence-corrected chi connectivity index (χ4v) is 4.62. The molecule has 1 amide bonds. The van der Waals surface area contributed by atoms with Crippen molar-refractivity contribution in [3.05, 3.63) is 71.8 Å². The molecule has 2 aliphatic heterocycles. The van der Waals surface area contributed by atoms with E-state index in [-0.39, 0.29) is 23.8 Å². The summed E-state index contributed by atoms with van der Waals surface area (Å²) in [7, 11) is -3.86. The fourth-order valence-electron chi connectivity index (χ4n) is 3.56. The van der Waals surface area contributed by atoms with Gasteiger partial charge in [-0.2, -0.15) is 0 Å². The topological polar surface area (TPSA) is 112 Å². The first kappa shape index (κ1) is 22.1. The minimum Gasteiger partial charge on any atom is -0.490 e. The molecule has 0 aliphatic carbocycles. The van der Waals surface area contributed by atoms with Gasteiger partial charge in [0.15, 0.2) is 23.0 Å². The Kier molecular flexibility index (Phi) is 5.99. The molecule has 0 radical (unpaired) electrons. The molecule has 0 fully saturated rings. The van der Waals surface area contributed by atoms with Gasteiger partial charge in [-0.3, -0.25) is 4.79 Å². The smallest absolute Gasteiger partial charge is 0.255 e. The highest BCUT2D eigenvalue weighted by Crippen LogP contribution is 2.33. The van der Waals surface area contributed by atoms with Crippen LogP contribution in [0.2, 0.25) is 0 Å². The first-order chi connectivity index (χ1) is 16.5. The molecule has 0 atom stereocenters. The minimum absolute atomic E-state index is 0.0143. The van der Waals surface area contributed by atoms with Gasteiger partial charge in [-0.05, 0) is 48.0 Å². The van der Waals surface area contributed by atoms with Gasteiger partial charge in [0, 0.05) is 30.3 Å². The number of fused-ring (bicyclic) bond motifs is 2. The highest BCUT2D eigenvalue weighted by Gasteiger charge is 2.19. The third kappa shape index (κ3) is 4.78. The molecule has 34 heavy (non-hydrogen) atoms. The Bertz CT molecular complexity index is 1340. The van der Waals surface area contributed by atoms with Crippen LogP contribution in [0.3, 0.4) is 0 Å². The standard InChI is InChI=1S/C24H22N2O7S/c27-24(26-18-6-8-20-23(13-18)31-10-2-9-30-20)17-3-1-4-19(12-17)34(28,29)25-14-16-5-7-21-22(11-16)33-15-32-21/h1,3-8,11-13,25H,2,9-10,14-15H2,(H,26,27). The maximum absolute atomic E-state index is 12.8. The van der Waals surface area contributed by atoms with Gasteiger partial charge >= 0.3 is 0 Å².